The highest BCUT2D eigenvalue weighted by molar-refractivity contribution is 6.35. The van der Waals surface area contributed by atoms with E-state index in [1.165, 1.54) is 12.0 Å². The molecule has 0 aliphatic rings. The third-order valence-corrected chi connectivity index (χ3v) is 3.68. The van der Waals surface area contributed by atoms with E-state index in [1.54, 1.807) is 0 Å². The van der Waals surface area contributed by atoms with Crippen LogP contribution in [-0.4, -0.2) is 13.1 Å². The average Bonchev–Trinajstić information content (AvgIpc) is 2.28. The third kappa shape index (κ3) is 5.60. The smallest absolute Gasteiger partial charge is 0.0453 e. The van der Waals surface area contributed by atoms with Gasteiger partial charge < -0.3 is 5.32 Å². The van der Waals surface area contributed by atoms with Gasteiger partial charge in [0.2, 0.25) is 0 Å². The summed E-state index contributed by atoms with van der Waals surface area (Å²) in [5, 5.41) is 4.92. The molecule has 0 atom stereocenters. The van der Waals surface area contributed by atoms with E-state index in [-0.39, 0.29) is 5.41 Å². The summed E-state index contributed by atoms with van der Waals surface area (Å²) in [6.45, 7) is 8.91. The first-order valence-corrected chi connectivity index (χ1v) is 7.35. The second-order valence-corrected chi connectivity index (χ2v) is 6.42. The van der Waals surface area contributed by atoms with E-state index < -0.39 is 0 Å². The largest absolute Gasteiger partial charge is 0.317 e. The lowest BCUT2D eigenvalue weighted by Gasteiger charge is -2.25. The molecule has 1 aromatic carbocycles. The van der Waals surface area contributed by atoms with Crippen LogP contribution >= 0.6 is 23.2 Å². The fourth-order valence-electron chi connectivity index (χ4n) is 2.00. The van der Waals surface area contributed by atoms with Crippen molar-refractivity contribution in [2.75, 3.05) is 13.1 Å². The van der Waals surface area contributed by atoms with E-state index in [0.717, 1.165) is 31.0 Å². The van der Waals surface area contributed by atoms with Crippen LogP contribution in [0.2, 0.25) is 10.0 Å². The molecule has 0 radical (unpaired) electrons. The molecule has 18 heavy (non-hydrogen) atoms. The monoisotopic (exact) mass is 287 g/mol. The van der Waals surface area contributed by atoms with Crippen molar-refractivity contribution in [2.45, 2.75) is 40.0 Å². The Morgan fingerprint density at radius 1 is 1.17 bits per heavy atom. The molecule has 0 spiro atoms. The average molecular weight is 288 g/mol. The minimum atomic E-state index is 0.248. The Balaban J connectivity index is 2.53. The van der Waals surface area contributed by atoms with Crippen molar-refractivity contribution < 1.29 is 0 Å². The van der Waals surface area contributed by atoms with Gasteiger partial charge in [-0.2, -0.15) is 0 Å². The molecule has 1 aromatic rings. The van der Waals surface area contributed by atoms with Gasteiger partial charge in [-0.25, -0.2) is 0 Å². The van der Waals surface area contributed by atoms with Crippen molar-refractivity contribution in [3.05, 3.63) is 33.8 Å². The van der Waals surface area contributed by atoms with Gasteiger partial charge in [0.25, 0.3) is 0 Å². The van der Waals surface area contributed by atoms with Crippen LogP contribution < -0.4 is 5.32 Å². The molecule has 0 unspecified atom stereocenters. The fourth-order valence-corrected chi connectivity index (χ4v) is 2.47. The molecule has 0 heterocycles. The predicted molar refractivity (Wildman–Crippen MR) is 81.7 cm³/mol. The van der Waals surface area contributed by atoms with Crippen LogP contribution in [0.5, 0.6) is 0 Å². The SMILES string of the molecule is CCCNCCC(C)(C)Cc1ccc(Cl)cc1Cl. The topological polar surface area (TPSA) is 12.0 Å². The summed E-state index contributed by atoms with van der Waals surface area (Å²) >= 11 is 12.1. The van der Waals surface area contributed by atoms with Gasteiger partial charge in [-0.1, -0.05) is 50.0 Å². The van der Waals surface area contributed by atoms with Crippen molar-refractivity contribution >= 4 is 23.2 Å². The first kappa shape index (κ1) is 15.8. The zero-order valence-corrected chi connectivity index (χ0v) is 13.0. The van der Waals surface area contributed by atoms with E-state index in [4.69, 9.17) is 23.2 Å². The van der Waals surface area contributed by atoms with E-state index in [2.05, 4.69) is 26.1 Å². The molecular formula is C15H23Cl2N. The number of halogens is 2. The Labute approximate surface area is 121 Å². The Hall–Kier alpha value is -0.240. The Kier molecular flexibility index (Phi) is 6.48. The van der Waals surface area contributed by atoms with Crippen molar-refractivity contribution in [1.82, 2.24) is 5.32 Å². The van der Waals surface area contributed by atoms with E-state index in [1.807, 2.05) is 18.2 Å². The minimum absolute atomic E-state index is 0.248. The number of hydrogen-bond acceptors (Lipinski definition) is 1. The van der Waals surface area contributed by atoms with Crippen molar-refractivity contribution in [3.63, 3.8) is 0 Å². The second kappa shape index (κ2) is 7.37. The lowest BCUT2D eigenvalue weighted by molar-refractivity contribution is 0.326. The molecule has 0 aliphatic heterocycles. The highest BCUT2D eigenvalue weighted by Crippen LogP contribution is 2.30. The van der Waals surface area contributed by atoms with Crippen LogP contribution in [0.15, 0.2) is 18.2 Å². The Bertz CT molecular complexity index is 375. The standard InChI is InChI=1S/C15H23Cl2N/c1-4-8-18-9-7-15(2,3)11-12-5-6-13(16)10-14(12)17/h5-6,10,18H,4,7-9,11H2,1-3H3. The molecule has 3 heteroatoms. The number of rotatable bonds is 7. The summed E-state index contributed by atoms with van der Waals surface area (Å²) in [4.78, 5) is 0. The summed E-state index contributed by atoms with van der Waals surface area (Å²) in [6.07, 6.45) is 3.31. The van der Waals surface area contributed by atoms with Crippen molar-refractivity contribution in [2.24, 2.45) is 5.41 Å². The molecule has 0 saturated carbocycles. The Morgan fingerprint density at radius 2 is 1.89 bits per heavy atom. The first-order valence-electron chi connectivity index (χ1n) is 6.59. The van der Waals surface area contributed by atoms with Gasteiger partial charge in [-0.05, 0) is 55.5 Å². The van der Waals surface area contributed by atoms with Crippen molar-refractivity contribution in [3.8, 4) is 0 Å². The molecule has 0 fully saturated rings. The van der Waals surface area contributed by atoms with Gasteiger partial charge in [0.15, 0.2) is 0 Å². The van der Waals surface area contributed by atoms with E-state index in [9.17, 15) is 0 Å². The molecule has 0 amide bonds. The van der Waals surface area contributed by atoms with Gasteiger partial charge in [-0.15, -0.1) is 0 Å². The number of hydrogen-bond donors (Lipinski definition) is 1. The molecule has 1 rings (SSSR count). The number of benzene rings is 1. The molecule has 0 bridgehead atoms. The summed E-state index contributed by atoms with van der Waals surface area (Å²) in [6, 6.07) is 5.77. The minimum Gasteiger partial charge on any atom is -0.317 e. The van der Waals surface area contributed by atoms with Crippen LogP contribution in [-0.2, 0) is 6.42 Å². The quantitative estimate of drug-likeness (QED) is 0.700. The summed E-state index contributed by atoms with van der Waals surface area (Å²) in [7, 11) is 0. The number of nitrogens with one attached hydrogen (secondary N) is 1. The molecule has 0 aliphatic carbocycles. The first-order chi connectivity index (χ1) is 8.44. The van der Waals surface area contributed by atoms with Gasteiger partial charge in [0.05, 0.1) is 0 Å². The molecular weight excluding hydrogens is 265 g/mol. The van der Waals surface area contributed by atoms with Gasteiger partial charge >= 0.3 is 0 Å². The third-order valence-electron chi connectivity index (χ3n) is 3.09. The van der Waals surface area contributed by atoms with E-state index in [0.29, 0.717) is 5.02 Å². The maximum absolute atomic E-state index is 6.22. The van der Waals surface area contributed by atoms with Crippen LogP contribution in [0.4, 0.5) is 0 Å². The Morgan fingerprint density at radius 3 is 2.50 bits per heavy atom. The van der Waals surface area contributed by atoms with Crippen LogP contribution in [0.25, 0.3) is 0 Å². The molecule has 102 valence electrons. The van der Waals surface area contributed by atoms with Crippen LogP contribution in [0.3, 0.4) is 0 Å². The zero-order chi connectivity index (χ0) is 13.6. The second-order valence-electron chi connectivity index (χ2n) is 5.58. The fraction of sp³-hybridized carbons (Fsp3) is 0.600. The lowest BCUT2D eigenvalue weighted by atomic mass is 9.82. The predicted octanol–water partition coefficient (Wildman–Crippen LogP) is 4.95. The highest BCUT2D eigenvalue weighted by atomic mass is 35.5. The van der Waals surface area contributed by atoms with Gasteiger partial charge in [-0.3, -0.25) is 0 Å². The molecule has 1 N–H and O–H groups in total. The van der Waals surface area contributed by atoms with Gasteiger partial charge in [0, 0.05) is 10.0 Å². The molecule has 1 nitrogen and oxygen atoms in total. The maximum Gasteiger partial charge on any atom is 0.0453 e. The lowest BCUT2D eigenvalue weighted by Crippen LogP contribution is -2.24. The van der Waals surface area contributed by atoms with Crippen LogP contribution in [0, 0.1) is 5.41 Å². The molecule has 0 aromatic heterocycles. The highest BCUT2D eigenvalue weighted by Gasteiger charge is 2.19. The normalized spacial score (nSPS) is 11.8. The van der Waals surface area contributed by atoms with E-state index >= 15 is 0 Å². The van der Waals surface area contributed by atoms with Crippen molar-refractivity contribution in [1.29, 1.82) is 0 Å². The van der Waals surface area contributed by atoms with Crippen LogP contribution in [0.1, 0.15) is 39.2 Å². The summed E-state index contributed by atoms with van der Waals surface area (Å²) < 4.78 is 0. The maximum atomic E-state index is 6.22. The van der Waals surface area contributed by atoms with Gasteiger partial charge in [0.1, 0.15) is 0 Å². The summed E-state index contributed by atoms with van der Waals surface area (Å²) in [5.74, 6) is 0. The summed E-state index contributed by atoms with van der Waals surface area (Å²) in [5.41, 5.74) is 1.43. The molecule has 0 saturated heterocycles. The zero-order valence-electron chi connectivity index (χ0n) is 11.5.